The van der Waals surface area contributed by atoms with Crippen molar-refractivity contribution >= 4 is 17.5 Å². The van der Waals surface area contributed by atoms with Crippen molar-refractivity contribution in [2.45, 2.75) is 38.1 Å². The first-order valence-corrected chi connectivity index (χ1v) is 9.23. The van der Waals surface area contributed by atoms with Crippen molar-refractivity contribution in [1.29, 1.82) is 0 Å². The minimum absolute atomic E-state index is 0.0324. The summed E-state index contributed by atoms with van der Waals surface area (Å²) in [5.41, 5.74) is 1.42. The molecule has 6 nitrogen and oxygen atoms in total. The maximum atomic E-state index is 12.4. The Hall–Kier alpha value is -2.08. The molecule has 0 aromatic heterocycles. The number of anilines is 1. The third kappa shape index (κ3) is 5.19. The first kappa shape index (κ1) is 17.7. The first-order valence-electron chi connectivity index (χ1n) is 9.23. The summed E-state index contributed by atoms with van der Waals surface area (Å²) in [5, 5.41) is 6.25. The summed E-state index contributed by atoms with van der Waals surface area (Å²) in [6, 6.07) is 7.64. The van der Waals surface area contributed by atoms with Gasteiger partial charge in [0.2, 0.25) is 5.91 Å². The van der Waals surface area contributed by atoms with E-state index in [1.165, 1.54) is 19.3 Å². The minimum Gasteiger partial charge on any atom is -0.378 e. The van der Waals surface area contributed by atoms with Crippen LogP contribution in [0.3, 0.4) is 0 Å². The van der Waals surface area contributed by atoms with E-state index in [0.717, 1.165) is 18.5 Å². The highest BCUT2D eigenvalue weighted by atomic mass is 16.5. The Bertz CT molecular complexity index is 593. The van der Waals surface area contributed by atoms with Crippen LogP contribution in [-0.4, -0.2) is 55.6 Å². The molecule has 1 heterocycles. The lowest BCUT2D eigenvalue weighted by molar-refractivity contribution is -0.133. The summed E-state index contributed by atoms with van der Waals surface area (Å²) in [7, 11) is 0. The molecule has 2 amide bonds. The Morgan fingerprint density at radius 1 is 1.12 bits per heavy atom. The van der Waals surface area contributed by atoms with Gasteiger partial charge in [-0.2, -0.15) is 0 Å². The Kier molecular flexibility index (Phi) is 6.28. The molecule has 25 heavy (non-hydrogen) atoms. The largest absolute Gasteiger partial charge is 0.378 e. The Labute approximate surface area is 148 Å². The van der Waals surface area contributed by atoms with Crippen LogP contribution in [0.25, 0.3) is 0 Å². The molecule has 0 spiro atoms. The number of carbonyl (C=O) groups is 2. The monoisotopic (exact) mass is 345 g/mol. The molecular weight excluding hydrogens is 318 g/mol. The zero-order chi connectivity index (χ0) is 17.5. The summed E-state index contributed by atoms with van der Waals surface area (Å²) in [4.78, 5) is 26.4. The van der Waals surface area contributed by atoms with Crippen LogP contribution in [0.5, 0.6) is 0 Å². The molecule has 1 aliphatic carbocycles. The predicted molar refractivity (Wildman–Crippen MR) is 96.7 cm³/mol. The van der Waals surface area contributed by atoms with E-state index < -0.39 is 0 Å². The Balaban J connectivity index is 1.51. The van der Waals surface area contributed by atoms with Crippen molar-refractivity contribution in [2.75, 3.05) is 38.2 Å². The van der Waals surface area contributed by atoms with Crippen LogP contribution in [0.15, 0.2) is 24.3 Å². The molecule has 6 heteroatoms. The smallest absolute Gasteiger partial charge is 0.251 e. The average Bonchev–Trinajstić information content (AvgIpc) is 2.68. The zero-order valence-electron chi connectivity index (χ0n) is 14.6. The second-order valence-corrected chi connectivity index (χ2v) is 6.74. The molecule has 0 unspecified atom stereocenters. The molecular formula is C19H27N3O3. The van der Waals surface area contributed by atoms with E-state index in [0.29, 0.717) is 37.9 Å². The number of nitrogens with one attached hydrogen (secondary N) is 2. The van der Waals surface area contributed by atoms with Gasteiger partial charge in [0, 0.05) is 30.4 Å². The van der Waals surface area contributed by atoms with Crippen LogP contribution in [-0.2, 0) is 9.53 Å². The molecule has 1 aliphatic heterocycles. The van der Waals surface area contributed by atoms with Crippen LogP contribution in [0.4, 0.5) is 5.69 Å². The lowest BCUT2D eigenvalue weighted by Gasteiger charge is -2.27. The summed E-state index contributed by atoms with van der Waals surface area (Å²) in [5.74, 6) is 0.0235. The number of rotatable bonds is 5. The molecule has 1 saturated carbocycles. The quantitative estimate of drug-likeness (QED) is 0.856. The number of hydrogen-bond donors (Lipinski definition) is 2. The Morgan fingerprint density at radius 2 is 1.88 bits per heavy atom. The fourth-order valence-electron chi connectivity index (χ4n) is 3.39. The van der Waals surface area contributed by atoms with Gasteiger partial charge in [0.1, 0.15) is 0 Å². The summed E-state index contributed by atoms with van der Waals surface area (Å²) < 4.78 is 5.26. The Morgan fingerprint density at radius 3 is 2.64 bits per heavy atom. The SMILES string of the molecule is O=C(NC1CCCCC1)c1cccc(NCC(=O)N2CCOCC2)c1. The molecule has 0 atom stereocenters. The van der Waals surface area contributed by atoms with E-state index in [4.69, 9.17) is 4.74 Å². The summed E-state index contributed by atoms with van der Waals surface area (Å²) >= 11 is 0. The number of amides is 2. The van der Waals surface area contributed by atoms with Gasteiger partial charge in [-0.3, -0.25) is 9.59 Å². The van der Waals surface area contributed by atoms with Gasteiger partial charge in [-0.05, 0) is 31.0 Å². The third-order valence-corrected chi connectivity index (χ3v) is 4.87. The van der Waals surface area contributed by atoms with Gasteiger partial charge >= 0.3 is 0 Å². The molecule has 1 aromatic rings. The van der Waals surface area contributed by atoms with E-state index in [2.05, 4.69) is 10.6 Å². The third-order valence-electron chi connectivity index (χ3n) is 4.87. The van der Waals surface area contributed by atoms with Crippen molar-refractivity contribution < 1.29 is 14.3 Å². The first-order chi connectivity index (χ1) is 12.2. The molecule has 0 radical (unpaired) electrons. The van der Waals surface area contributed by atoms with Gasteiger partial charge in [0.05, 0.1) is 19.8 Å². The van der Waals surface area contributed by atoms with E-state index >= 15 is 0 Å². The molecule has 2 aliphatic rings. The highest BCUT2D eigenvalue weighted by Crippen LogP contribution is 2.18. The maximum Gasteiger partial charge on any atom is 0.251 e. The van der Waals surface area contributed by atoms with Crippen LogP contribution in [0, 0.1) is 0 Å². The van der Waals surface area contributed by atoms with E-state index in [9.17, 15) is 9.59 Å². The van der Waals surface area contributed by atoms with Crippen molar-refractivity contribution in [3.05, 3.63) is 29.8 Å². The van der Waals surface area contributed by atoms with Gasteiger partial charge in [0.25, 0.3) is 5.91 Å². The second-order valence-electron chi connectivity index (χ2n) is 6.74. The van der Waals surface area contributed by atoms with Crippen LogP contribution in [0.1, 0.15) is 42.5 Å². The molecule has 2 fully saturated rings. The van der Waals surface area contributed by atoms with Crippen molar-refractivity contribution in [3.8, 4) is 0 Å². The van der Waals surface area contributed by atoms with E-state index in [1.54, 1.807) is 4.90 Å². The fourth-order valence-corrected chi connectivity index (χ4v) is 3.39. The zero-order valence-corrected chi connectivity index (χ0v) is 14.6. The van der Waals surface area contributed by atoms with Gasteiger partial charge in [-0.15, -0.1) is 0 Å². The molecule has 136 valence electrons. The van der Waals surface area contributed by atoms with Crippen molar-refractivity contribution in [2.24, 2.45) is 0 Å². The maximum absolute atomic E-state index is 12.4. The normalized spacial score (nSPS) is 18.6. The van der Waals surface area contributed by atoms with Crippen molar-refractivity contribution in [3.63, 3.8) is 0 Å². The standard InChI is InChI=1S/C19H27N3O3/c23-18(22-9-11-25-12-10-22)14-20-17-8-4-5-15(13-17)19(24)21-16-6-2-1-3-7-16/h4-5,8,13,16,20H,1-3,6-7,9-12,14H2,(H,21,24). The molecule has 3 rings (SSSR count). The fraction of sp³-hybridized carbons (Fsp3) is 0.579. The molecule has 0 bridgehead atoms. The highest BCUT2D eigenvalue weighted by Gasteiger charge is 2.18. The van der Waals surface area contributed by atoms with Gasteiger partial charge in [-0.1, -0.05) is 25.3 Å². The predicted octanol–water partition coefficient (Wildman–Crippen LogP) is 2.02. The van der Waals surface area contributed by atoms with Crippen LogP contribution in [0.2, 0.25) is 0 Å². The molecule has 1 aromatic carbocycles. The lowest BCUT2D eigenvalue weighted by atomic mass is 9.95. The average molecular weight is 345 g/mol. The highest BCUT2D eigenvalue weighted by molar-refractivity contribution is 5.95. The topological polar surface area (TPSA) is 70.7 Å². The van der Waals surface area contributed by atoms with Crippen LogP contribution >= 0.6 is 0 Å². The molecule has 1 saturated heterocycles. The summed E-state index contributed by atoms with van der Waals surface area (Å²) in [6.45, 7) is 2.72. The number of benzene rings is 1. The number of ether oxygens (including phenoxy) is 1. The van der Waals surface area contributed by atoms with E-state index in [-0.39, 0.29) is 18.4 Å². The van der Waals surface area contributed by atoms with Gasteiger partial charge < -0.3 is 20.3 Å². The number of carbonyl (C=O) groups excluding carboxylic acids is 2. The summed E-state index contributed by atoms with van der Waals surface area (Å²) in [6.07, 6.45) is 5.78. The van der Waals surface area contributed by atoms with Gasteiger partial charge in [-0.25, -0.2) is 0 Å². The van der Waals surface area contributed by atoms with Crippen molar-refractivity contribution in [1.82, 2.24) is 10.2 Å². The lowest BCUT2D eigenvalue weighted by Crippen LogP contribution is -2.43. The van der Waals surface area contributed by atoms with Gasteiger partial charge in [0.15, 0.2) is 0 Å². The minimum atomic E-state index is -0.0324. The van der Waals surface area contributed by atoms with E-state index in [1.807, 2.05) is 24.3 Å². The molecule has 2 N–H and O–H groups in total. The number of nitrogens with zero attached hydrogens (tertiary/aromatic N) is 1. The van der Waals surface area contributed by atoms with Crippen LogP contribution < -0.4 is 10.6 Å². The number of morpholine rings is 1. The number of hydrogen-bond acceptors (Lipinski definition) is 4. The second kappa shape index (κ2) is 8.85.